The quantitative estimate of drug-likeness (QED) is 0.423. The molecule has 3 nitrogen and oxygen atoms in total. The SMILES string of the molecule is CCC(C)[C@H](O)C(=O)[O-].[Na+]. The van der Waals surface area contributed by atoms with Crippen molar-refractivity contribution in [1.29, 1.82) is 0 Å². The van der Waals surface area contributed by atoms with E-state index in [-0.39, 0.29) is 35.5 Å². The van der Waals surface area contributed by atoms with E-state index < -0.39 is 12.1 Å². The molecule has 0 spiro atoms. The minimum atomic E-state index is -1.38. The Hall–Kier alpha value is 0.430. The number of hydrogen-bond acceptors (Lipinski definition) is 3. The van der Waals surface area contributed by atoms with Crippen molar-refractivity contribution in [3.63, 3.8) is 0 Å². The van der Waals surface area contributed by atoms with E-state index in [0.717, 1.165) is 0 Å². The molecule has 0 heterocycles. The van der Waals surface area contributed by atoms with Crippen LogP contribution in [0.15, 0.2) is 0 Å². The molecule has 0 saturated heterocycles. The van der Waals surface area contributed by atoms with E-state index in [1.54, 1.807) is 6.92 Å². The molecule has 0 aliphatic heterocycles. The molecule has 0 aliphatic rings. The Morgan fingerprint density at radius 1 is 1.70 bits per heavy atom. The van der Waals surface area contributed by atoms with Gasteiger partial charge in [-0.25, -0.2) is 0 Å². The number of aliphatic hydroxyl groups is 1. The molecule has 10 heavy (non-hydrogen) atoms. The van der Waals surface area contributed by atoms with Crippen LogP contribution in [0, 0.1) is 5.92 Å². The van der Waals surface area contributed by atoms with Gasteiger partial charge >= 0.3 is 29.6 Å². The first-order valence-electron chi connectivity index (χ1n) is 2.98. The average molecular weight is 154 g/mol. The maximum Gasteiger partial charge on any atom is 1.00 e. The van der Waals surface area contributed by atoms with Crippen molar-refractivity contribution >= 4 is 5.97 Å². The maximum atomic E-state index is 9.94. The molecular formula is C6H11NaO3. The van der Waals surface area contributed by atoms with Gasteiger partial charge < -0.3 is 15.0 Å². The summed E-state index contributed by atoms with van der Waals surface area (Å²) in [5, 5.41) is 18.7. The van der Waals surface area contributed by atoms with Crippen LogP contribution in [0.5, 0.6) is 0 Å². The van der Waals surface area contributed by atoms with Gasteiger partial charge in [0.1, 0.15) is 0 Å². The van der Waals surface area contributed by atoms with Crippen LogP contribution in [0.1, 0.15) is 20.3 Å². The molecule has 0 aromatic carbocycles. The summed E-state index contributed by atoms with van der Waals surface area (Å²) in [6, 6.07) is 0. The van der Waals surface area contributed by atoms with Crippen molar-refractivity contribution in [1.82, 2.24) is 0 Å². The third-order valence-corrected chi connectivity index (χ3v) is 1.42. The van der Waals surface area contributed by atoms with E-state index in [1.807, 2.05) is 6.92 Å². The minimum absolute atomic E-state index is 0. The van der Waals surface area contributed by atoms with Crippen molar-refractivity contribution in [2.24, 2.45) is 5.92 Å². The largest absolute Gasteiger partial charge is 1.00 e. The fraction of sp³-hybridized carbons (Fsp3) is 0.833. The summed E-state index contributed by atoms with van der Waals surface area (Å²) in [6.07, 6.45) is -0.662. The molecular weight excluding hydrogens is 143 g/mol. The Balaban J connectivity index is 0. The maximum absolute atomic E-state index is 9.94. The summed E-state index contributed by atoms with van der Waals surface area (Å²) in [6.45, 7) is 3.48. The van der Waals surface area contributed by atoms with Crippen molar-refractivity contribution in [2.45, 2.75) is 26.4 Å². The van der Waals surface area contributed by atoms with Crippen LogP contribution in [-0.2, 0) is 4.79 Å². The number of carbonyl (C=O) groups excluding carboxylic acids is 1. The van der Waals surface area contributed by atoms with Crippen LogP contribution in [0.25, 0.3) is 0 Å². The number of carboxylic acids is 1. The van der Waals surface area contributed by atoms with Crippen LogP contribution in [0.4, 0.5) is 0 Å². The molecule has 0 aromatic heterocycles. The molecule has 0 bridgehead atoms. The number of aliphatic carboxylic acids is 1. The first kappa shape index (κ1) is 13.1. The van der Waals surface area contributed by atoms with E-state index in [1.165, 1.54) is 0 Å². The Kier molecular flexibility index (Phi) is 8.04. The Labute approximate surface area is 82.7 Å². The first-order valence-corrected chi connectivity index (χ1v) is 2.98. The van der Waals surface area contributed by atoms with Gasteiger partial charge in [-0.3, -0.25) is 0 Å². The summed E-state index contributed by atoms with van der Waals surface area (Å²) in [5.74, 6) is -1.60. The van der Waals surface area contributed by atoms with Gasteiger partial charge in [-0.2, -0.15) is 0 Å². The van der Waals surface area contributed by atoms with Crippen molar-refractivity contribution in [3.8, 4) is 0 Å². The zero-order valence-electron chi connectivity index (χ0n) is 6.63. The Morgan fingerprint density at radius 2 is 2.10 bits per heavy atom. The second-order valence-electron chi connectivity index (χ2n) is 2.15. The smallest absolute Gasteiger partial charge is 0.547 e. The van der Waals surface area contributed by atoms with Crippen LogP contribution in [-0.4, -0.2) is 17.2 Å². The van der Waals surface area contributed by atoms with Gasteiger partial charge in [-0.05, 0) is 5.92 Å². The van der Waals surface area contributed by atoms with Gasteiger partial charge in [-0.1, -0.05) is 20.3 Å². The van der Waals surface area contributed by atoms with Crippen molar-refractivity contribution in [3.05, 3.63) is 0 Å². The van der Waals surface area contributed by atoms with Gasteiger partial charge in [0.25, 0.3) is 0 Å². The number of carboxylic acid groups (broad SMARTS) is 1. The predicted molar refractivity (Wildman–Crippen MR) is 30.5 cm³/mol. The molecule has 0 radical (unpaired) electrons. The van der Waals surface area contributed by atoms with Crippen LogP contribution in [0.3, 0.4) is 0 Å². The minimum Gasteiger partial charge on any atom is -0.547 e. The fourth-order valence-electron chi connectivity index (χ4n) is 0.456. The third kappa shape index (κ3) is 4.28. The molecule has 1 unspecified atom stereocenters. The second kappa shape index (κ2) is 6.16. The molecule has 1 N–H and O–H groups in total. The van der Waals surface area contributed by atoms with Crippen molar-refractivity contribution < 1.29 is 44.6 Å². The van der Waals surface area contributed by atoms with Crippen LogP contribution < -0.4 is 34.7 Å². The predicted octanol–water partition coefficient (Wildman–Crippen LogP) is -3.85. The van der Waals surface area contributed by atoms with Gasteiger partial charge in [0.15, 0.2) is 0 Å². The summed E-state index contributed by atoms with van der Waals surface area (Å²) in [5.41, 5.74) is 0. The van der Waals surface area contributed by atoms with Gasteiger partial charge in [0, 0.05) is 0 Å². The summed E-state index contributed by atoms with van der Waals surface area (Å²) in [4.78, 5) is 9.94. The molecule has 54 valence electrons. The van der Waals surface area contributed by atoms with Gasteiger partial charge in [-0.15, -0.1) is 0 Å². The van der Waals surface area contributed by atoms with E-state index in [9.17, 15) is 9.90 Å². The second-order valence-corrected chi connectivity index (χ2v) is 2.15. The average Bonchev–Trinajstić information content (AvgIpc) is 1.84. The van der Waals surface area contributed by atoms with E-state index in [2.05, 4.69) is 0 Å². The molecule has 0 aromatic rings. The molecule has 2 atom stereocenters. The molecule has 0 aliphatic carbocycles. The van der Waals surface area contributed by atoms with Crippen LogP contribution in [0.2, 0.25) is 0 Å². The zero-order chi connectivity index (χ0) is 7.44. The monoisotopic (exact) mass is 154 g/mol. The van der Waals surface area contributed by atoms with E-state index >= 15 is 0 Å². The van der Waals surface area contributed by atoms with Crippen molar-refractivity contribution in [2.75, 3.05) is 0 Å². The standard InChI is InChI=1S/C6H12O3.Na/c1-3-4(2)5(7)6(8)9;/h4-5,7H,3H2,1-2H3,(H,8,9);/q;+1/p-1/t4?,5-;/m0./s1. The topological polar surface area (TPSA) is 60.4 Å². The van der Waals surface area contributed by atoms with Gasteiger partial charge in [0.05, 0.1) is 12.1 Å². The van der Waals surface area contributed by atoms with E-state index in [4.69, 9.17) is 5.11 Å². The summed E-state index contributed by atoms with van der Waals surface area (Å²) in [7, 11) is 0. The Morgan fingerprint density at radius 3 is 2.20 bits per heavy atom. The van der Waals surface area contributed by atoms with E-state index in [0.29, 0.717) is 6.42 Å². The molecule has 4 heteroatoms. The fourth-order valence-corrected chi connectivity index (χ4v) is 0.456. The zero-order valence-corrected chi connectivity index (χ0v) is 8.63. The summed E-state index contributed by atoms with van der Waals surface area (Å²) < 4.78 is 0. The molecule has 0 fully saturated rings. The molecule has 0 amide bonds. The third-order valence-electron chi connectivity index (χ3n) is 1.42. The van der Waals surface area contributed by atoms with Crippen LogP contribution >= 0.6 is 0 Å². The summed E-state index contributed by atoms with van der Waals surface area (Å²) >= 11 is 0. The molecule has 0 saturated carbocycles. The number of aliphatic hydroxyl groups excluding tert-OH is 1. The number of carbonyl (C=O) groups is 1. The first-order chi connectivity index (χ1) is 4.09. The van der Waals surface area contributed by atoms with Gasteiger partial charge in [0.2, 0.25) is 0 Å². The number of rotatable bonds is 3. The Bertz CT molecular complexity index is 105. The molecule has 0 rings (SSSR count). The number of hydrogen-bond donors (Lipinski definition) is 1. The normalized spacial score (nSPS) is 15.1.